The lowest BCUT2D eigenvalue weighted by molar-refractivity contribution is 0.987. The zero-order chi connectivity index (χ0) is 7.84. The second-order valence-corrected chi connectivity index (χ2v) is 3.20. The van der Waals surface area contributed by atoms with E-state index in [0.717, 1.165) is 11.3 Å². The summed E-state index contributed by atoms with van der Waals surface area (Å²) in [7, 11) is 0. The fourth-order valence-corrected chi connectivity index (χ4v) is 1.19. The molecule has 1 fully saturated rings. The van der Waals surface area contributed by atoms with Crippen molar-refractivity contribution in [1.29, 1.82) is 0 Å². The summed E-state index contributed by atoms with van der Waals surface area (Å²) in [6.45, 7) is 1.83. The molecule has 1 N–H and O–H groups in total. The highest BCUT2D eigenvalue weighted by atomic mass is 16.1. The first-order valence-electron chi connectivity index (χ1n) is 3.97. The second-order valence-electron chi connectivity index (χ2n) is 3.20. The Morgan fingerprint density at radius 1 is 1.45 bits per heavy atom. The van der Waals surface area contributed by atoms with Crippen molar-refractivity contribution in [2.24, 2.45) is 0 Å². The van der Waals surface area contributed by atoms with Crippen molar-refractivity contribution in [3.63, 3.8) is 0 Å². The molecule has 0 atom stereocenters. The largest absolute Gasteiger partial charge is 0.326 e. The number of nitrogens with one attached hydrogen (secondary N) is 1. The summed E-state index contributed by atoms with van der Waals surface area (Å²) < 4.78 is 0. The highest BCUT2D eigenvalue weighted by molar-refractivity contribution is 5.18. The first-order chi connectivity index (χ1) is 5.27. The number of hydrogen-bond donors (Lipinski definition) is 1. The number of aryl methyl sites for hydroxylation is 1. The normalized spacial score (nSPS) is 16.8. The third kappa shape index (κ3) is 1.20. The van der Waals surface area contributed by atoms with E-state index in [1.165, 1.54) is 12.8 Å². The Morgan fingerprint density at radius 2 is 2.18 bits per heavy atom. The molecule has 1 aliphatic carbocycles. The Kier molecular flexibility index (Phi) is 1.34. The van der Waals surface area contributed by atoms with Crippen LogP contribution in [0.1, 0.15) is 30.0 Å². The van der Waals surface area contributed by atoms with E-state index in [9.17, 15) is 4.79 Å². The van der Waals surface area contributed by atoms with E-state index >= 15 is 0 Å². The van der Waals surface area contributed by atoms with Crippen LogP contribution in [0.25, 0.3) is 0 Å². The summed E-state index contributed by atoms with van der Waals surface area (Å²) in [6.07, 6.45) is 2.47. The van der Waals surface area contributed by atoms with Gasteiger partial charge in [-0.3, -0.25) is 4.79 Å². The van der Waals surface area contributed by atoms with Crippen molar-refractivity contribution in [3.8, 4) is 0 Å². The van der Waals surface area contributed by atoms with Gasteiger partial charge in [0.1, 0.15) is 0 Å². The second kappa shape index (κ2) is 2.22. The fourth-order valence-electron chi connectivity index (χ4n) is 1.19. The van der Waals surface area contributed by atoms with Gasteiger partial charge in [-0.15, -0.1) is 0 Å². The Morgan fingerprint density at radius 3 is 2.73 bits per heavy atom. The molecule has 1 aromatic rings. The lowest BCUT2D eigenvalue weighted by atomic mass is 10.2. The molecule has 1 aliphatic rings. The zero-order valence-electron chi connectivity index (χ0n) is 6.55. The van der Waals surface area contributed by atoms with Gasteiger partial charge >= 0.3 is 0 Å². The van der Waals surface area contributed by atoms with E-state index in [-0.39, 0.29) is 5.56 Å². The molecular formula is C9H11NO. The first-order valence-corrected chi connectivity index (χ1v) is 3.97. The molecule has 0 unspecified atom stereocenters. The van der Waals surface area contributed by atoms with Gasteiger partial charge in [0, 0.05) is 11.3 Å². The minimum atomic E-state index is 0.0643. The van der Waals surface area contributed by atoms with Crippen molar-refractivity contribution >= 4 is 0 Å². The molecule has 2 heteroatoms. The summed E-state index contributed by atoms with van der Waals surface area (Å²) in [5, 5.41) is 0. The Labute approximate surface area is 65.3 Å². The molecular weight excluding hydrogens is 138 g/mol. The van der Waals surface area contributed by atoms with Crippen LogP contribution in [0.2, 0.25) is 0 Å². The van der Waals surface area contributed by atoms with Crippen LogP contribution in [0.5, 0.6) is 0 Å². The minimum absolute atomic E-state index is 0.0643. The monoisotopic (exact) mass is 149 g/mol. The van der Waals surface area contributed by atoms with E-state index in [0.29, 0.717) is 5.92 Å². The molecule has 0 aromatic carbocycles. The van der Waals surface area contributed by atoms with E-state index in [4.69, 9.17) is 0 Å². The van der Waals surface area contributed by atoms with Crippen LogP contribution in [0.3, 0.4) is 0 Å². The molecule has 1 saturated carbocycles. The zero-order valence-corrected chi connectivity index (χ0v) is 6.55. The van der Waals surface area contributed by atoms with Crippen molar-refractivity contribution in [3.05, 3.63) is 33.7 Å². The topological polar surface area (TPSA) is 32.9 Å². The number of H-pyrrole nitrogens is 1. The van der Waals surface area contributed by atoms with E-state index in [2.05, 4.69) is 4.98 Å². The number of rotatable bonds is 1. The van der Waals surface area contributed by atoms with Crippen LogP contribution in [0, 0.1) is 6.92 Å². The predicted molar refractivity (Wildman–Crippen MR) is 43.8 cm³/mol. The fraction of sp³-hybridized carbons (Fsp3) is 0.444. The first kappa shape index (κ1) is 6.65. The number of hydrogen-bond acceptors (Lipinski definition) is 1. The molecule has 58 valence electrons. The summed E-state index contributed by atoms with van der Waals surface area (Å²) >= 11 is 0. The maximum atomic E-state index is 11.1. The van der Waals surface area contributed by atoms with Gasteiger partial charge in [-0.25, -0.2) is 0 Å². The van der Waals surface area contributed by atoms with Gasteiger partial charge in [0.15, 0.2) is 0 Å². The summed E-state index contributed by atoms with van der Waals surface area (Å²) in [6, 6.07) is 3.92. The summed E-state index contributed by atoms with van der Waals surface area (Å²) in [5.41, 5.74) is 1.98. The molecule has 1 heterocycles. The van der Waals surface area contributed by atoms with Gasteiger partial charge in [0.2, 0.25) is 0 Å². The third-order valence-electron chi connectivity index (χ3n) is 2.15. The van der Waals surface area contributed by atoms with E-state index in [1.54, 1.807) is 0 Å². The number of aromatic amines is 1. The van der Waals surface area contributed by atoms with Gasteiger partial charge in [0.05, 0.1) is 0 Å². The van der Waals surface area contributed by atoms with Crippen LogP contribution in [-0.4, -0.2) is 4.98 Å². The molecule has 0 spiro atoms. The van der Waals surface area contributed by atoms with Gasteiger partial charge in [-0.1, -0.05) is 6.07 Å². The molecule has 0 saturated heterocycles. The smallest absolute Gasteiger partial charge is 0.251 e. The molecule has 0 aliphatic heterocycles. The molecule has 2 rings (SSSR count). The molecule has 0 amide bonds. The standard InChI is InChI=1S/C9H11NO/c1-6-2-5-8(7-3-4-7)10-9(6)11/h2,5,7H,3-4H2,1H3,(H,10,11). The quantitative estimate of drug-likeness (QED) is 0.645. The van der Waals surface area contributed by atoms with Crippen molar-refractivity contribution in [1.82, 2.24) is 4.98 Å². The van der Waals surface area contributed by atoms with Crippen LogP contribution in [0.4, 0.5) is 0 Å². The third-order valence-corrected chi connectivity index (χ3v) is 2.15. The average molecular weight is 149 g/mol. The molecule has 1 aromatic heterocycles. The lowest BCUT2D eigenvalue weighted by Gasteiger charge is -1.96. The van der Waals surface area contributed by atoms with Crippen molar-refractivity contribution in [2.75, 3.05) is 0 Å². The minimum Gasteiger partial charge on any atom is -0.326 e. The summed E-state index contributed by atoms with van der Waals surface area (Å²) in [5.74, 6) is 0.642. The highest BCUT2D eigenvalue weighted by Gasteiger charge is 2.24. The Balaban J connectivity index is 2.44. The molecule has 0 radical (unpaired) electrons. The van der Waals surface area contributed by atoms with E-state index in [1.807, 2.05) is 19.1 Å². The highest BCUT2D eigenvalue weighted by Crippen LogP contribution is 2.38. The van der Waals surface area contributed by atoms with Crippen LogP contribution >= 0.6 is 0 Å². The van der Waals surface area contributed by atoms with Gasteiger partial charge in [-0.05, 0) is 31.7 Å². The van der Waals surface area contributed by atoms with Gasteiger partial charge < -0.3 is 4.98 Å². The Bertz CT molecular complexity index is 323. The predicted octanol–water partition coefficient (Wildman–Crippen LogP) is 1.56. The summed E-state index contributed by atoms with van der Waals surface area (Å²) in [4.78, 5) is 14.0. The van der Waals surface area contributed by atoms with Crippen molar-refractivity contribution in [2.45, 2.75) is 25.7 Å². The number of pyridine rings is 1. The maximum Gasteiger partial charge on any atom is 0.251 e. The molecule has 0 bridgehead atoms. The Hall–Kier alpha value is -1.05. The number of aromatic nitrogens is 1. The van der Waals surface area contributed by atoms with Gasteiger partial charge in [-0.2, -0.15) is 0 Å². The SMILES string of the molecule is Cc1ccc(C2CC2)[nH]c1=O. The lowest BCUT2D eigenvalue weighted by Crippen LogP contribution is -2.10. The van der Waals surface area contributed by atoms with Crippen LogP contribution in [0.15, 0.2) is 16.9 Å². The van der Waals surface area contributed by atoms with Crippen molar-refractivity contribution < 1.29 is 0 Å². The molecule has 11 heavy (non-hydrogen) atoms. The average Bonchev–Trinajstić information content (AvgIpc) is 2.77. The van der Waals surface area contributed by atoms with Crippen LogP contribution in [-0.2, 0) is 0 Å². The molecule has 2 nitrogen and oxygen atoms in total. The maximum absolute atomic E-state index is 11.1. The van der Waals surface area contributed by atoms with Gasteiger partial charge in [0.25, 0.3) is 5.56 Å². The van der Waals surface area contributed by atoms with E-state index < -0.39 is 0 Å². The van der Waals surface area contributed by atoms with Crippen LogP contribution < -0.4 is 5.56 Å².